The maximum absolute atomic E-state index is 5.61. The second-order valence-corrected chi connectivity index (χ2v) is 4.39. The zero-order valence-electron chi connectivity index (χ0n) is 11.7. The summed E-state index contributed by atoms with van der Waals surface area (Å²) < 4.78 is 5.31. The zero-order valence-corrected chi connectivity index (χ0v) is 11.7. The average molecular weight is 258 g/mol. The molecule has 0 unspecified atom stereocenters. The van der Waals surface area contributed by atoms with E-state index in [4.69, 9.17) is 10.5 Å². The molecular formula is C14H18N4O. The van der Waals surface area contributed by atoms with E-state index >= 15 is 0 Å². The van der Waals surface area contributed by atoms with Crippen molar-refractivity contribution in [3.8, 4) is 17.1 Å². The molecule has 2 N–H and O–H groups in total. The van der Waals surface area contributed by atoms with Gasteiger partial charge in [-0.2, -0.15) is 0 Å². The molecule has 5 nitrogen and oxygen atoms in total. The number of benzene rings is 1. The van der Waals surface area contributed by atoms with Crippen molar-refractivity contribution in [3.63, 3.8) is 0 Å². The summed E-state index contributed by atoms with van der Waals surface area (Å²) in [5.74, 6) is 2.82. The number of aryl methyl sites for hydroxylation is 1. The Bertz CT molecular complexity index is 611. The SMILES string of the molecule is COc1ccc(-c2nc(C)nc(CN)n2)c(C)c1C. The van der Waals surface area contributed by atoms with Crippen molar-refractivity contribution in [2.75, 3.05) is 7.11 Å². The molecule has 0 aliphatic carbocycles. The molecule has 100 valence electrons. The fourth-order valence-electron chi connectivity index (χ4n) is 2.01. The fourth-order valence-corrected chi connectivity index (χ4v) is 2.01. The van der Waals surface area contributed by atoms with E-state index < -0.39 is 0 Å². The van der Waals surface area contributed by atoms with Crippen LogP contribution in [0.3, 0.4) is 0 Å². The minimum atomic E-state index is 0.310. The predicted octanol–water partition coefficient (Wildman–Crippen LogP) is 1.93. The summed E-state index contributed by atoms with van der Waals surface area (Å²) in [5, 5.41) is 0. The van der Waals surface area contributed by atoms with Crippen LogP contribution in [0.5, 0.6) is 5.75 Å². The van der Waals surface area contributed by atoms with Crippen molar-refractivity contribution in [3.05, 3.63) is 34.9 Å². The number of ether oxygens (including phenoxy) is 1. The maximum Gasteiger partial charge on any atom is 0.163 e. The number of rotatable bonds is 3. The first-order valence-electron chi connectivity index (χ1n) is 6.13. The Hall–Kier alpha value is -2.01. The van der Waals surface area contributed by atoms with Crippen LogP contribution in [0.1, 0.15) is 22.8 Å². The molecule has 2 aromatic rings. The Balaban J connectivity index is 2.59. The molecule has 1 heterocycles. The summed E-state index contributed by atoms with van der Waals surface area (Å²) >= 11 is 0. The number of hydrogen-bond acceptors (Lipinski definition) is 5. The first-order chi connectivity index (χ1) is 9.06. The monoisotopic (exact) mass is 258 g/mol. The van der Waals surface area contributed by atoms with Crippen LogP contribution in [0.4, 0.5) is 0 Å². The van der Waals surface area contributed by atoms with Gasteiger partial charge in [0.05, 0.1) is 13.7 Å². The Morgan fingerprint density at radius 3 is 2.42 bits per heavy atom. The number of methoxy groups -OCH3 is 1. The van der Waals surface area contributed by atoms with Gasteiger partial charge >= 0.3 is 0 Å². The second-order valence-electron chi connectivity index (χ2n) is 4.39. The van der Waals surface area contributed by atoms with Crippen LogP contribution >= 0.6 is 0 Å². The van der Waals surface area contributed by atoms with Crippen LogP contribution in [0.2, 0.25) is 0 Å². The van der Waals surface area contributed by atoms with Crippen molar-refractivity contribution >= 4 is 0 Å². The summed E-state index contributed by atoms with van der Waals surface area (Å²) in [4.78, 5) is 13.0. The standard InChI is InChI=1S/C14H18N4O/c1-8-9(2)12(19-4)6-5-11(8)14-17-10(3)16-13(7-15)18-14/h5-6H,7,15H2,1-4H3. The Kier molecular flexibility index (Phi) is 3.76. The van der Waals surface area contributed by atoms with Gasteiger partial charge < -0.3 is 10.5 Å². The second kappa shape index (κ2) is 5.32. The summed E-state index contributed by atoms with van der Waals surface area (Å²) in [5.41, 5.74) is 8.79. The molecule has 0 aliphatic rings. The number of hydrogen-bond donors (Lipinski definition) is 1. The molecule has 0 fully saturated rings. The highest BCUT2D eigenvalue weighted by Crippen LogP contribution is 2.29. The number of nitrogens with two attached hydrogens (primary N) is 1. The molecule has 1 aromatic heterocycles. The Morgan fingerprint density at radius 2 is 1.79 bits per heavy atom. The lowest BCUT2D eigenvalue weighted by Crippen LogP contribution is -2.08. The third-order valence-electron chi connectivity index (χ3n) is 3.17. The first-order valence-corrected chi connectivity index (χ1v) is 6.13. The van der Waals surface area contributed by atoms with E-state index in [-0.39, 0.29) is 0 Å². The molecule has 0 amide bonds. The van der Waals surface area contributed by atoms with E-state index in [0.29, 0.717) is 24.0 Å². The van der Waals surface area contributed by atoms with Gasteiger partial charge in [0.25, 0.3) is 0 Å². The molecule has 0 saturated heterocycles. The van der Waals surface area contributed by atoms with E-state index in [1.807, 2.05) is 32.9 Å². The molecule has 1 aromatic carbocycles. The summed E-state index contributed by atoms with van der Waals surface area (Å²) in [6, 6.07) is 3.90. The van der Waals surface area contributed by atoms with Gasteiger partial charge in [-0.05, 0) is 44.0 Å². The minimum Gasteiger partial charge on any atom is -0.496 e. The first kappa shape index (κ1) is 13.4. The van der Waals surface area contributed by atoms with Crippen molar-refractivity contribution < 1.29 is 4.74 Å². The van der Waals surface area contributed by atoms with Crippen LogP contribution in [-0.4, -0.2) is 22.1 Å². The lowest BCUT2D eigenvalue weighted by atomic mass is 10.0. The molecule has 0 spiro atoms. The lowest BCUT2D eigenvalue weighted by Gasteiger charge is -2.12. The van der Waals surface area contributed by atoms with Crippen molar-refractivity contribution in [1.29, 1.82) is 0 Å². The van der Waals surface area contributed by atoms with E-state index in [0.717, 1.165) is 22.4 Å². The molecule has 19 heavy (non-hydrogen) atoms. The van der Waals surface area contributed by atoms with Crippen molar-refractivity contribution in [2.24, 2.45) is 5.73 Å². The molecule has 5 heteroatoms. The summed E-state index contributed by atoms with van der Waals surface area (Å²) in [7, 11) is 1.67. The molecule has 0 atom stereocenters. The van der Waals surface area contributed by atoms with E-state index in [2.05, 4.69) is 15.0 Å². The third-order valence-corrected chi connectivity index (χ3v) is 3.17. The van der Waals surface area contributed by atoms with Gasteiger partial charge in [-0.15, -0.1) is 0 Å². The fraction of sp³-hybridized carbons (Fsp3) is 0.357. The lowest BCUT2D eigenvalue weighted by molar-refractivity contribution is 0.411. The maximum atomic E-state index is 5.61. The molecule has 0 radical (unpaired) electrons. The Morgan fingerprint density at radius 1 is 1.05 bits per heavy atom. The quantitative estimate of drug-likeness (QED) is 0.910. The van der Waals surface area contributed by atoms with Gasteiger partial charge in [0.15, 0.2) is 5.82 Å². The topological polar surface area (TPSA) is 73.9 Å². The van der Waals surface area contributed by atoms with Gasteiger partial charge in [-0.3, -0.25) is 0 Å². The van der Waals surface area contributed by atoms with Gasteiger partial charge in [0.2, 0.25) is 0 Å². The van der Waals surface area contributed by atoms with Crippen LogP contribution in [0.25, 0.3) is 11.4 Å². The van der Waals surface area contributed by atoms with Gasteiger partial charge in [0.1, 0.15) is 17.4 Å². The molecule has 0 bridgehead atoms. The minimum absolute atomic E-state index is 0.310. The highest BCUT2D eigenvalue weighted by molar-refractivity contribution is 5.64. The molecular weight excluding hydrogens is 240 g/mol. The predicted molar refractivity (Wildman–Crippen MR) is 73.9 cm³/mol. The normalized spacial score (nSPS) is 10.6. The summed E-state index contributed by atoms with van der Waals surface area (Å²) in [6.07, 6.45) is 0. The number of aromatic nitrogens is 3. The van der Waals surface area contributed by atoms with E-state index in [9.17, 15) is 0 Å². The van der Waals surface area contributed by atoms with Crippen molar-refractivity contribution in [1.82, 2.24) is 15.0 Å². The van der Waals surface area contributed by atoms with Crippen LogP contribution in [0.15, 0.2) is 12.1 Å². The summed E-state index contributed by atoms with van der Waals surface area (Å²) in [6.45, 7) is 6.21. The van der Waals surface area contributed by atoms with Gasteiger partial charge in [-0.25, -0.2) is 15.0 Å². The van der Waals surface area contributed by atoms with Gasteiger partial charge in [-0.1, -0.05) is 0 Å². The highest BCUT2D eigenvalue weighted by atomic mass is 16.5. The zero-order chi connectivity index (χ0) is 14.0. The van der Waals surface area contributed by atoms with Crippen LogP contribution < -0.4 is 10.5 Å². The highest BCUT2D eigenvalue weighted by Gasteiger charge is 2.12. The average Bonchev–Trinajstić information content (AvgIpc) is 2.41. The van der Waals surface area contributed by atoms with Crippen LogP contribution in [-0.2, 0) is 6.54 Å². The van der Waals surface area contributed by atoms with Crippen molar-refractivity contribution in [2.45, 2.75) is 27.3 Å². The molecule has 0 aliphatic heterocycles. The van der Waals surface area contributed by atoms with Gasteiger partial charge in [0, 0.05) is 5.56 Å². The van der Waals surface area contributed by atoms with E-state index in [1.165, 1.54) is 0 Å². The Labute approximate surface area is 112 Å². The largest absolute Gasteiger partial charge is 0.496 e. The smallest absolute Gasteiger partial charge is 0.163 e. The van der Waals surface area contributed by atoms with E-state index in [1.54, 1.807) is 7.11 Å². The molecule has 0 saturated carbocycles. The number of nitrogens with zero attached hydrogens (tertiary/aromatic N) is 3. The van der Waals surface area contributed by atoms with Crippen LogP contribution in [0, 0.1) is 20.8 Å². The third kappa shape index (κ3) is 2.56. The molecule has 2 rings (SSSR count).